The van der Waals surface area contributed by atoms with Gasteiger partial charge in [0, 0.05) is 30.2 Å². The molecule has 1 aliphatic heterocycles. The third-order valence-corrected chi connectivity index (χ3v) is 5.99. The number of benzene rings is 2. The number of quaternary nitrogens is 1. The molecule has 0 unspecified atom stereocenters. The van der Waals surface area contributed by atoms with Crippen LogP contribution in [-0.4, -0.2) is 59.9 Å². The van der Waals surface area contributed by atoms with Gasteiger partial charge in [-0.25, -0.2) is 9.50 Å². The summed E-state index contributed by atoms with van der Waals surface area (Å²) in [5, 5.41) is 7.63. The monoisotopic (exact) mass is 442 g/mol. The lowest BCUT2D eigenvalue weighted by Gasteiger charge is -2.23. The van der Waals surface area contributed by atoms with Gasteiger partial charge in [0.15, 0.2) is 11.3 Å². The lowest BCUT2D eigenvalue weighted by Crippen LogP contribution is -3.14. The number of nitrogens with zero attached hydrogens (tertiary/aromatic N) is 3. The number of aromatic nitrogens is 3. The van der Waals surface area contributed by atoms with Gasteiger partial charge in [-0.1, -0.05) is 60.7 Å². The Morgan fingerprint density at radius 2 is 1.67 bits per heavy atom. The van der Waals surface area contributed by atoms with Crippen molar-refractivity contribution < 1.29 is 14.4 Å². The van der Waals surface area contributed by atoms with E-state index in [2.05, 4.69) is 10.4 Å². The van der Waals surface area contributed by atoms with E-state index >= 15 is 0 Å². The first-order chi connectivity index (χ1) is 16.3. The minimum Gasteiger partial charge on any atom is -0.370 e. The van der Waals surface area contributed by atoms with Crippen LogP contribution in [0.15, 0.2) is 72.8 Å². The first-order valence-electron chi connectivity index (χ1n) is 11.5. The van der Waals surface area contributed by atoms with Crippen molar-refractivity contribution in [3.8, 4) is 22.5 Å². The molecule has 3 heterocycles. The van der Waals surface area contributed by atoms with Gasteiger partial charge in [-0.15, -0.1) is 0 Å². The van der Waals surface area contributed by atoms with Crippen molar-refractivity contribution in [2.75, 3.05) is 39.4 Å². The Morgan fingerprint density at radius 1 is 0.970 bits per heavy atom. The quantitative estimate of drug-likeness (QED) is 0.430. The van der Waals surface area contributed by atoms with Crippen molar-refractivity contribution >= 4 is 11.6 Å². The van der Waals surface area contributed by atoms with Crippen LogP contribution in [0.25, 0.3) is 28.2 Å². The Hall–Kier alpha value is -3.55. The number of amides is 1. The number of carbonyl (C=O) groups is 1. The molecule has 0 saturated carbocycles. The molecule has 2 aromatic carbocycles. The maximum atomic E-state index is 12.8. The highest BCUT2D eigenvalue weighted by Gasteiger charge is 2.17. The van der Waals surface area contributed by atoms with Gasteiger partial charge in [0.25, 0.3) is 5.91 Å². The predicted octanol–water partition coefficient (Wildman–Crippen LogP) is 2.10. The summed E-state index contributed by atoms with van der Waals surface area (Å²) in [5.74, 6) is -0.169. The summed E-state index contributed by atoms with van der Waals surface area (Å²) in [7, 11) is 0. The van der Waals surface area contributed by atoms with Crippen molar-refractivity contribution in [3.05, 3.63) is 78.5 Å². The number of rotatable bonds is 7. The molecule has 7 heteroatoms. The molecule has 1 saturated heterocycles. The van der Waals surface area contributed by atoms with Gasteiger partial charge in [0.05, 0.1) is 31.1 Å². The predicted molar refractivity (Wildman–Crippen MR) is 127 cm³/mol. The number of fused-ring (bicyclic) bond motifs is 1. The number of hydrogen-bond acceptors (Lipinski definition) is 4. The number of morpholine rings is 1. The molecular weight excluding hydrogens is 414 g/mol. The molecule has 1 amide bonds. The van der Waals surface area contributed by atoms with E-state index in [-0.39, 0.29) is 5.91 Å². The summed E-state index contributed by atoms with van der Waals surface area (Å²) in [6.45, 7) is 5.39. The largest absolute Gasteiger partial charge is 0.370 e. The van der Waals surface area contributed by atoms with E-state index in [9.17, 15) is 4.79 Å². The molecule has 1 aliphatic rings. The summed E-state index contributed by atoms with van der Waals surface area (Å²) in [6, 6.07) is 23.9. The van der Waals surface area contributed by atoms with E-state index < -0.39 is 0 Å². The third kappa shape index (κ3) is 4.94. The Labute approximate surface area is 193 Å². The minimum absolute atomic E-state index is 0.169. The second kappa shape index (κ2) is 9.94. The molecule has 2 aromatic heterocycles. The van der Waals surface area contributed by atoms with Crippen molar-refractivity contribution in [2.45, 2.75) is 6.42 Å². The zero-order valence-corrected chi connectivity index (χ0v) is 18.5. The SMILES string of the molecule is O=C(NCCC[NH+]1CCOCC1)c1cc2nc(-c3ccccc3)cc(-c3ccccc3)n2n1. The third-order valence-electron chi connectivity index (χ3n) is 5.99. The fourth-order valence-corrected chi connectivity index (χ4v) is 4.20. The Kier molecular flexibility index (Phi) is 6.41. The van der Waals surface area contributed by atoms with Crippen LogP contribution in [0.4, 0.5) is 0 Å². The van der Waals surface area contributed by atoms with Gasteiger partial charge < -0.3 is 15.0 Å². The van der Waals surface area contributed by atoms with Crippen molar-refractivity contribution in [1.29, 1.82) is 0 Å². The maximum absolute atomic E-state index is 12.8. The van der Waals surface area contributed by atoms with Crippen LogP contribution in [0.3, 0.4) is 0 Å². The summed E-state index contributed by atoms with van der Waals surface area (Å²) in [6.07, 6.45) is 0.931. The maximum Gasteiger partial charge on any atom is 0.271 e. The van der Waals surface area contributed by atoms with Gasteiger partial charge >= 0.3 is 0 Å². The standard InChI is InChI=1S/C26H27N5O2/c32-26(27-12-7-13-30-14-16-33-17-15-30)23-19-25-28-22(20-8-3-1-4-9-20)18-24(31(25)29-23)21-10-5-2-6-11-21/h1-6,8-11,18-19H,7,12-17H2,(H,27,32)/p+1. The van der Waals surface area contributed by atoms with Gasteiger partial charge in [0.2, 0.25) is 0 Å². The molecule has 0 atom stereocenters. The second-order valence-corrected chi connectivity index (χ2v) is 8.28. The van der Waals surface area contributed by atoms with Crippen LogP contribution >= 0.6 is 0 Å². The molecule has 2 N–H and O–H groups in total. The van der Waals surface area contributed by atoms with Crippen LogP contribution in [0.5, 0.6) is 0 Å². The van der Waals surface area contributed by atoms with E-state index in [0.717, 1.165) is 61.8 Å². The van der Waals surface area contributed by atoms with E-state index in [1.54, 1.807) is 10.6 Å². The normalized spacial score (nSPS) is 14.4. The van der Waals surface area contributed by atoms with E-state index in [1.807, 2.05) is 66.7 Å². The number of nitrogens with one attached hydrogen (secondary N) is 2. The molecule has 168 valence electrons. The zero-order chi connectivity index (χ0) is 22.5. The van der Waals surface area contributed by atoms with Gasteiger partial charge in [-0.05, 0) is 6.07 Å². The van der Waals surface area contributed by atoms with Crippen molar-refractivity contribution in [2.24, 2.45) is 0 Å². The van der Waals surface area contributed by atoms with Crippen LogP contribution in [-0.2, 0) is 4.74 Å². The Morgan fingerprint density at radius 3 is 2.39 bits per heavy atom. The highest BCUT2D eigenvalue weighted by atomic mass is 16.5. The van der Waals surface area contributed by atoms with E-state index in [1.165, 1.54) is 4.90 Å². The molecule has 0 radical (unpaired) electrons. The Balaban J connectivity index is 1.38. The second-order valence-electron chi connectivity index (χ2n) is 8.28. The summed E-state index contributed by atoms with van der Waals surface area (Å²) in [4.78, 5) is 19.2. The molecule has 7 nitrogen and oxygen atoms in total. The van der Waals surface area contributed by atoms with Crippen molar-refractivity contribution in [3.63, 3.8) is 0 Å². The van der Waals surface area contributed by atoms with Crippen LogP contribution < -0.4 is 10.2 Å². The average Bonchev–Trinajstić information content (AvgIpc) is 3.32. The summed E-state index contributed by atoms with van der Waals surface area (Å²) in [5.41, 5.74) is 4.82. The molecular formula is C26H28N5O2+. The smallest absolute Gasteiger partial charge is 0.271 e. The number of ether oxygens (including phenoxy) is 1. The van der Waals surface area contributed by atoms with Crippen LogP contribution in [0.2, 0.25) is 0 Å². The first-order valence-corrected chi connectivity index (χ1v) is 11.5. The highest BCUT2D eigenvalue weighted by Crippen LogP contribution is 2.26. The number of hydrogen-bond donors (Lipinski definition) is 2. The molecule has 0 aliphatic carbocycles. The molecule has 1 fully saturated rings. The van der Waals surface area contributed by atoms with Gasteiger partial charge in [-0.2, -0.15) is 5.10 Å². The fraction of sp³-hybridized carbons (Fsp3) is 0.269. The summed E-state index contributed by atoms with van der Waals surface area (Å²) < 4.78 is 7.16. The number of carbonyl (C=O) groups excluding carboxylic acids is 1. The van der Waals surface area contributed by atoms with Crippen molar-refractivity contribution in [1.82, 2.24) is 19.9 Å². The molecule has 4 aromatic rings. The fourth-order valence-electron chi connectivity index (χ4n) is 4.20. The van der Waals surface area contributed by atoms with E-state index in [0.29, 0.717) is 17.9 Å². The first kappa shape index (κ1) is 21.3. The minimum atomic E-state index is -0.169. The molecule has 33 heavy (non-hydrogen) atoms. The van der Waals surface area contributed by atoms with Crippen LogP contribution in [0.1, 0.15) is 16.9 Å². The zero-order valence-electron chi connectivity index (χ0n) is 18.5. The molecule has 0 bridgehead atoms. The van der Waals surface area contributed by atoms with Crippen LogP contribution in [0, 0.1) is 0 Å². The lowest BCUT2D eigenvalue weighted by atomic mass is 10.1. The molecule has 5 rings (SSSR count). The van der Waals surface area contributed by atoms with E-state index in [4.69, 9.17) is 9.72 Å². The molecule has 0 spiro atoms. The Bertz CT molecular complexity index is 1220. The topological polar surface area (TPSA) is 73.0 Å². The average molecular weight is 443 g/mol. The summed E-state index contributed by atoms with van der Waals surface area (Å²) >= 11 is 0. The van der Waals surface area contributed by atoms with Gasteiger partial charge in [0.1, 0.15) is 13.1 Å². The lowest BCUT2D eigenvalue weighted by molar-refractivity contribution is -0.908. The highest BCUT2D eigenvalue weighted by molar-refractivity contribution is 5.93. The van der Waals surface area contributed by atoms with Gasteiger partial charge in [-0.3, -0.25) is 4.79 Å².